The maximum Gasteiger partial charge on any atom is 0.160 e. The molecule has 0 heterocycles. The quantitative estimate of drug-likeness (QED) is 0.569. The molecule has 0 spiro atoms. The average Bonchev–Trinajstić information content (AvgIpc) is 1.87. The second-order valence-electron chi connectivity index (χ2n) is 2.67. The van der Waals surface area contributed by atoms with E-state index in [-0.39, 0.29) is 11.9 Å². The van der Waals surface area contributed by atoms with Gasteiger partial charge in [0, 0.05) is 13.0 Å². The first-order chi connectivity index (χ1) is 5.07. The van der Waals surface area contributed by atoms with E-state index in [4.69, 9.17) is 4.74 Å². The van der Waals surface area contributed by atoms with Crippen LogP contribution in [0.4, 0.5) is 0 Å². The topological polar surface area (TPSA) is 26.3 Å². The molecule has 1 atom stereocenters. The van der Waals surface area contributed by atoms with Crippen LogP contribution in [0.2, 0.25) is 0 Å². The molecule has 0 aliphatic rings. The van der Waals surface area contributed by atoms with E-state index >= 15 is 0 Å². The van der Waals surface area contributed by atoms with Gasteiger partial charge in [0.05, 0.1) is 6.10 Å². The summed E-state index contributed by atoms with van der Waals surface area (Å²) in [6.45, 7) is 9.76. The second kappa shape index (κ2) is 5.08. The Balaban J connectivity index is 3.66. The Labute approximate surface area is 68.2 Å². The van der Waals surface area contributed by atoms with Gasteiger partial charge in [-0.05, 0) is 26.3 Å². The molecule has 0 aromatic heterocycles. The molecule has 2 nitrogen and oxygen atoms in total. The maximum absolute atomic E-state index is 11.0. The van der Waals surface area contributed by atoms with Crippen molar-refractivity contribution in [2.75, 3.05) is 6.61 Å². The van der Waals surface area contributed by atoms with Crippen LogP contribution in [0.1, 0.15) is 27.2 Å². The fourth-order valence-corrected chi connectivity index (χ4v) is 0.779. The minimum absolute atomic E-state index is 0.0178. The zero-order valence-corrected chi connectivity index (χ0v) is 7.52. The van der Waals surface area contributed by atoms with Gasteiger partial charge in [-0.25, -0.2) is 0 Å². The molecule has 1 unspecified atom stereocenters. The van der Waals surface area contributed by atoms with Gasteiger partial charge in [0.15, 0.2) is 5.78 Å². The number of hydrogen-bond donors (Lipinski definition) is 0. The summed E-state index contributed by atoms with van der Waals surface area (Å²) in [5, 5.41) is 0. The number of ketones is 1. The van der Waals surface area contributed by atoms with Gasteiger partial charge in [-0.15, -0.1) is 0 Å². The van der Waals surface area contributed by atoms with Crippen molar-refractivity contribution in [1.82, 2.24) is 0 Å². The Hall–Kier alpha value is -0.630. The summed E-state index contributed by atoms with van der Waals surface area (Å²) in [5.74, 6) is 0.0888. The molecule has 0 aromatic rings. The summed E-state index contributed by atoms with van der Waals surface area (Å²) in [5.41, 5.74) is 0.608. The molecular weight excluding hydrogens is 140 g/mol. The van der Waals surface area contributed by atoms with Crippen molar-refractivity contribution in [1.29, 1.82) is 0 Å². The molecule has 0 bridgehead atoms. The van der Waals surface area contributed by atoms with Crippen LogP contribution in [0, 0.1) is 0 Å². The number of ether oxygens (including phenoxy) is 1. The van der Waals surface area contributed by atoms with Gasteiger partial charge in [0.1, 0.15) is 0 Å². The average molecular weight is 156 g/mol. The number of Topliss-reactive ketones (excluding diaryl/α,β-unsaturated/α-hetero) is 1. The van der Waals surface area contributed by atoms with Crippen LogP contribution in [0.5, 0.6) is 0 Å². The second-order valence-corrected chi connectivity index (χ2v) is 2.67. The van der Waals surface area contributed by atoms with E-state index in [0.29, 0.717) is 18.6 Å². The molecule has 2 heteroatoms. The van der Waals surface area contributed by atoms with Crippen molar-refractivity contribution < 1.29 is 9.53 Å². The Bertz CT molecular complexity index is 150. The lowest BCUT2D eigenvalue weighted by molar-refractivity contribution is -0.117. The van der Waals surface area contributed by atoms with E-state index < -0.39 is 0 Å². The van der Waals surface area contributed by atoms with Gasteiger partial charge in [-0.2, -0.15) is 0 Å². The van der Waals surface area contributed by atoms with Crippen LogP contribution < -0.4 is 0 Å². The SMILES string of the molecule is C=C(C)C(=O)CC(C)OCC. The Morgan fingerprint density at radius 2 is 2.18 bits per heavy atom. The molecule has 0 saturated heterocycles. The van der Waals surface area contributed by atoms with E-state index in [1.54, 1.807) is 6.92 Å². The summed E-state index contributed by atoms with van der Waals surface area (Å²) in [6.07, 6.45) is 0.465. The van der Waals surface area contributed by atoms with Crippen LogP contribution in [-0.4, -0.2) is 18.5 Å². The summed E-state index contributed by atoms with van der Waals surface area (Å²) in [6, 6.07) is 0. The zero-order valence-electron chi connectivity index (χ0n) is 7.52. The third kappa shape index (κ3) is 4.73. The highest BCUT2D eigenvalue weighted by atomic mass is 16.5. The smallest absolute Gasteiger partial charge is 0.160 e. The number of carbonyl (C=O) groups excluding carboxylic acids is 1. The van der Waals surface area contributed by atoms with Crippen LogP contribution in [0.3, 0.4) is 0 Å². The minimum Gasteiger partial charge on any atom is -0.378 e. The number of hydrogen-bond acceptors (Lipinski definition) is 2. The summed E-state index contributed by atoms with van der Waals surface area (Å²) < 4.78 is 5.20. The lowest BCUT2D eigenvalue weighted by Gasteiger charge is -2.09. The normalized spacial score (nSPS) is 12.6. The van der Waals surface area contributed by atoms with E-state index in [1.165, 1.54) is 0 Å². The molecule has 0 rings (SSSR count). The van der Waals surface area contributed by atoms with E-state index in [1.807, 2.05) is 13.8 Å². The van der Waals surface area contributed by atoms with Gasteiger partial charge in [-0.3, -0.25) is 4.79 Å². The fourth-order valence-electron chi connectivity index (χ4n) is 0.779. The lowest BCUT2D eigenvalue weighted by Crippen LogP contribution is -2.14. The number of allylic oxidation sites excluding steroid dienone is 1. The van der Waals surface area contributed by atoms with Crippen molar-refractivity contribution >= 4 is 5.78 Å². The molecule has 0 aliphatic carbocycles. The molecule has 0 radical (unpaired) electrons. The van der Waals surface area contributed by atoms with Crippen LogP contribution >= 0.6 is 0 Å². The standard InChI is InChI=1S/C9H16O2/c1-5-11-8(4)6-9(10)7(2)3/h8H,2,5-6H2,1,3-4H3. The molecular formula is C9H16O2. The minimum atomic E-state index is 0.0178. The summed E-state index contributed by atoms with van der Waals surface area (Å²) in [4.78, 5) is 11.0. The molecule has 0 fully saturated rings. The third-order valence-corrected chi connectivity index (χ3v) is 1.40. The molecule has 11 heavy (non-hydrogen) atoms. The summed E-state index contributed by atoms with van der Waals surface area (Å²) in [7, 11) is 0. The largest absolute Gasteiger partial charge is 0.378 e. The Kier molecular flexibility index (Phi) is 4.79. The molecule has 0 amide bonds. The molecule has 0 aromatic carbocycles. The Morgan fingerprint density at radius 3 is 2.55 bits per heavy atom. The zero-order chi connectivity index (χ0) is 8.85. The summed E-state index contributed by atoms with van der Waals surface area (Å²) >= 11 is 0. The predicted octanol–water partition coefficient (Wildman–Crippen LogP) is 1.95. The monoisotopic (exact) mass is 156 g/mol. The van der Waals surface area contributed by atoms with E-state index in [2.05, 4.69) is 6.58 Å². The maximum atomic E-state index is 11.0. The third-order valence-electron chi connectivity index (χ3n) is 1.40. The highest BCUT2D eigenvalue weighted by Crippen LogP contribution is 2.02. The van der Waals surface area contributed by atoms with Crippen molar-refractivity contribution in [2.24, 2.45) is 0 Å². The van der Waals surface area contributed by atoms with Gasteiger partial charge in [0.25, 0.3) is 0 Å². The highest BCUT2D eigenvalue weighted by Gasteiger charge is 2.08. The first-order valence-electron chi connectivity index (χ1n) is 3.88. The van der Waals surface area contributed by atoms with Gasteiger partial charge >= 0.3 is 0 Å². The van der Waals surface area contributed by atoms with Crippen molar-refractivity contribution in [3.63, 3.8) is 0 Å². The van der Waals surface area contributed by atoms with Crippen molar-refractivity contribution in [2.45, 2.75) is 33.3 Å². The van der Waals surface area contributed by atoms with Gasteiger partial charge in [-0.1, -0.05) is 6.58 Å². The molecule has 0 N–H and O–H groups in total. The predicted molar refractivity (Wildman–Crippen MR) is 45.5 cm³/mol. The van der Waals surface area contributed by atoms with Crippen LogP contribution in [0.15, 0.2) is 12.2 Å². The van der Waals surface area contributed by atoms with E-state index in [0.717, 1.165) is 0 Å². The Morgan fingerprint density at radius 1 is 1.64 bits per heavy atom. The van der Waals surface area contributed by atoms with Gasteiger partial charge in [0.2, 0.25) is 0 Å². The number of carbonyl (C=O) groups is 1. The van der Waals surface area contributed by atoms with Crippen molar-refractivity contribution in [3.05, 3.63) is 12.2 Å². The molecule has 0 saturated carbocycles. The lowest BCUT2D eigenvalue weighted by atomic mass is 10.1. The highest BCUT2D eigenvalue weighted by molar-refractivity contribution is 5.94. The molecule has 0 aliphatic heterocycles. The molecule has 64 valence electrons. The first kappa shape index (κ1) is 10.4. The van der Waals surface area contributed by atoms with Crippen LogP contribution in [0.25, 0.3) is 0 Å². The van der Waals surface area contributed by atoms with Crippen molar-refractivity contribution in [3.8, 4) is 0 Å². The fraction of sp³-hybridized carbons (Fsp3) is 0.667. The number of rotatable bonds is 5. The van der Waals surface area contributed by atoms with Crippen LogP contribution in [-0.2, 0) is 9.53 Å². The van der Waals surface area contributed by atoms with E-state index in [9.17, 15) is 4.79 Å². The van der Waals surface area contributed by atoms with Gasteiger partial charge < -0.3 is 4.74 Å². The first-order valence-corrected chi connectivity index (χ1v) is 3.88.